The van der Waals surface area contributed by atoms with Gasteiger partial charge >= 0.3 is 0 Å². The van der Waals surface area contributed by atoms with Crippen molar-refractivity contribution in [2.24, 2.45) is 0 Å². The summed E-state index contributed by atoms with van der Waals surface area (Å²) in [6, 6.07) is 12.0. The number of nitrogens with zero attached hydrogens (tertiary/aromatic N) is 6. The second kappa shape index (κ2) is 6.09. The predicted octanol–water partition coefficient (Wildman–Crippen LogP) is 3.22. The van der Waals surface area contributed by atoms with E-state index in [1.54, 1.807) is 22.8 Å². The molecule has 0 aliphatic heterocycles. The Morgan fingerprint density at radius 1 is 1.08 bits per heavy atom. The van der Waals surface area contributed by atoms with E-state index in [0.29, 0.717) is 5.75 Å². The van der Waals surface area contributed by atoms with Crippen LogP contribution in [0.5, 0.6) is 0 Å². The van der Waals surface area contributed by atoms with Gasteiger partial charge in [0.2, 0.25) is 10.9 Å². The van der Waals surface area contributed by atoms with Crippen LogP contribution in [0, 0.1) is 13.8 Å². The maximum absolute atomic E-state index is 4.58. The van der Waals surface area contributed by atoms with Crippen LogP contribution in [0.1, 0.15) is 17.1 Å². The highest BCUT2D eigenvalue weighted by atomic mass is 32.2. The van der Waals surface area contributed by atoms with Crippen molar-refractivity contribution in [1.82, 2.24) is 29.1 Å². The molecule has 0 saturated carbocycles. The van der Waals surface area contributed by atoms with E-state index in [0.717, 1.165) is 33.7 Å². The molecule has 24 heavy (non-hydrogen) atoms. The van der Waals surface area contributed by atoms with Crippen LogP contribution in [0.4, 0.5) is 0 Å². The summed E-state index contributed by atoms with van der Waals surface area (Å²) < 4.78 is 3.79. The molecule has 3 heterocycles. The fourth-order valence-electron chi connectivity index (χ4n) is 2.55. The molecule has 0 aliphatic carbocycles. The molecule has 0 aliphatic rings. The highest BCUT2D eigenvalue weighted by Crippen LogP contribution is 2.20. The molecule has 0 amide bonds. The minimum absolute atomic E-state index is 0.709. The van der Waals surface area contributed by atoms with Crippen LogP contribution in [0.15, 0.2) is 54.1 Å². The van der Waals surface area contributed by atoms with Gasteiger partial charge in [0.1, 0.15) is 6.33 Å². The first-order chi connectivity index (χ1) is 11.7. The van der Waals surface area contributed by atoms with Gasteiger partial charge in [-0.3, -0.25) is 4.40 Å². The molecule has 1 aromatic carbocycles. The van der Waals surface area contributed by atoms with E-state index < -0.39 is 0 Å². The lowest BCUT2D eigenvalue weighted by atomic mass is 10.3. The number of hydrogen-bond donors (Lipinski definition) is 0. The van der Waals surface area contributed by atoms with Gasteiger partial charge in [0, 0.05) is 23.3 Å². The van der Waals surface area contributed by atoms with Gasteiger partial charge in [0.25, 0.3) is 0 Å². The van der Waals surface area contributed by atoms with Crippen LogP contribution in [0.25, 0.3) is 11.5 Å². The Morgan fingerprint density at radius 2 is 1.92 bits per heavy atom. The van der Waals surface area contributed by atoms with E-state index in [9.17, 15) is 0 Å². The SMILES string of the molecule is Cc1cc(C)n2cc(CSc3ncn(-c4ccccc4)n3)nc2n1. The molecule has 0 fully saturated rings. The van der Waals surface area contributed by atoms with Crippen LogP contribution < -0.4 is 0 Å². The van der Waals surface area contributed by atoms with Gasteiger partial charge in [0.05, 0.1) is 11.4 Å². The van der Waals surface area contributed by atoms with Crippen LogP contribution in [0.2, 0.25) is 0 Å². The molecule has 0 atom stereocenters. The highest BCUT2D eigenvalue weighted by molar-refractivity contribution is 7.98. The summed E-state index contributed by atoms with van der Waals surface area (Å²) in [5.74, 6) is 1.45. The summed E-state index contributed by atoms with van der Waals surface area (Å²) in [6.07, 6.45) is 3.76. The lowest BCUT2D eigenvalue weighted by Crippen LogP contribution is -1.94. The van der Waals surface area contributed by atoms with Gasteiger partial charge in [-0.1, -0.05) is 30.0 Å². The Morgan fingerprint density at radius 3 is 2.75 bits per heavy atom. The largest absolute Gasteiger partial charge is 0.288 e. The van der Waals surface area contributed by atoms with Gasteiger partial charge < -0.3 is 0 Å². The molecular weight excluding hydrogens is 320 g/mol. The molecule has 4 aromatic rings. The Balaban J connectivity index is 1.51. The molecular formula is C17H16N6S. The number of imidazole rings is 1. The average molecular weight is 336 g/mol. The van der Waals surface area contributed by atoms with E-state index in [2.05, 4.69) is 33.0 Å². The Bertz CT molecular complexity index is 989. The number of aromatic nitrogens is 6. The molecule has 0 spiro atoms. The van der Waals surface area contributed by atoms with E-state index >= 15 is 0 Å². The fourth-order valence-corrected chi connectivity index (χ4v) is 3.23. The number of para-hydroxylation sites is 1. The second-order valence-corrected chi connectivity index (χ2v) is 6.48. The zero-order valence-corrected chi connectivity index (χ0v) is 14.2. The zero-order valence-electron chi connectivity index (χ0n) is 13.4. The van der Waals surface area contributed by atoms with Crippen molar-refractivity contribution in [2.45, 2.75) is 24.8 Å². The van der Waals surface area contributed by atoms with Gasteiger partial charge in [-0.2, -0.15) is 0 Å². The average Bonchev–Trinajstić information content (AvgIpc) is 3.20. The quantitative estimate of drug-likeness (QED) is 0.536. The molecule has 6 nitrogen and oxygen atoms in total. The first-order valence-electron chi connectivity index (χ1n) is 7.61. The minimum atomic E-state index is 0.709. The van der Waals surface area contributed by atoms with E-state index in [1.807, 2.05) is 47.9 Å². The zero-order chi connectivity index (χ0) is 16.5. The summed E-state index contributed by atoms with van der Waals surface area (Å²) in [5.41, 5.74) is 4.08. The Labute approximate surface area is 143 Å². The third-order valence-corrected chi connectivity index (χ3v) is 4.54. The van der Waals surface area contributed by atoms with Gasteiger partial charge in [-0.05, 0) is 32.0 Å². The van der Waals surface area contributed by atoms with Crippen molar-refractivity contribution in [3.05, 3.63) is 66.0 Å². The number of aryl methyl sites for hydroxylation is 2. The minimum Gasteiger partial charge on any atom is -0.288 e. The molecule has 0 N–H and O–H groups in total. The van der Waals surface area contributed by atoms with E-state index in [-0.39, 0.29) is 0 Å². The lowest BCUT2D eigenvalue weighted by Gasteiger charge is -1.98. The van der Waals surface area contributed by atoms with Crippen molar-refractivity contribution in [2.75, 3.05) is 0 Å². The summed E-state index contributed by atoms with van der Waals surface area (Å²) in [7, 11) is 0. The topological polar surface area (TPSA) is 60.9 Å². The molecule has 3 aromatic heterocycles. The summed E-state index contributed by atoms with van der Waals surface area (Å²) >= 11 is 1.57. The van der Waals surface area contributed by atoms with Crippen LogP contribution in [-0.4, -0.2) is 29.1 Å². The van der Waals surface area contributed by atoms with Gasteiger partial charge in [-0.15, -0.1) is 5.10 Å². The molecule has 120 valence electrons. The first kappa shape index (κ1) is 14.9. The smallest absolute Gasteiger partial charge is 0.234 e. The molecule has 0 unspecified atom stereocenters. The summed E-state index contributed by atoms with van der Waals surface area (Å²) in [6.45, 7) is 4.04. The standard InChI is InChI=1S/C17H16N6S/c1-12-8-13(2)22-9-14(20-16(22)19-12)10-24-17-18-11-23(21-17)15-6-4-3-5-7-15/h3-9,11H,10H2,1-2H3. The monoisotopic (exact) mass is 336 g/mol. The maximum Gasteiger partial charge on any atom is 0.234 e. The van der Waals surface area contributed by atoms with Crippen molar-refractivity contribution >= 4 is 17.5 Å². The molecule has 0 radical (unpaired) electrons. The molecule has 4 rings (SSSR count). The number of thioether (sulfide) groups is 1. The highest BCUT2D eigenvalue weighted by Gasteiger charge is 2.08. The normalized spacial score (nSPS) is 11.2. The van der Waals surface area contributed by atoms with Crippen LogP contribution >= 0.6 is 11.8 Å². The molecule has 0 bridgehead atoms. The molecule has 0 saturated heterocycles. The van der Waals surface area contributed by atoms with E-state index in [4.69, 9.17) is 0 Å². The Kier molecular flexibility index (Phi) is 3.78. The van der Waals surface area contributed by atoms with Gasteiger partial charge in [-0.25, -0.2) is 19.6 Å². The third-order valence-electron chi connectivity index (χ3n) is 3.65. The molecule has 7 heteroatoms. The van der Waals surface area contributed by atoms with Crippen molar-refractivity contribution in [3.8, 4) is 5.69 Å². The Hall–Kier alpha value is -2.67. The third kappa shape index (κ3) is 2.90. The number of benzene rings is 1. The van der Waals surface area contributed by atoms with Crippen molar-refractivity contribution in [3.63, 3.8) is 0 Å². The maximum atomic E-state index is 4.58. The summed E-state index contributed by atoms with van der Waals surface area (Å²) in [4.78, 5) is 13.4. The van der Waals surface area contributed by atoms with Crippen LogP contribution in [0.3, 0.4) is 0 Å². The fraction of sp³-hybridized carbons (Fsp3) is 0.176. The number of hydrogen-bond acceptors (Lipinski definition) is 5. The second-order valence-electron chi connectivity index (χ2n) is 5.54. The van der Waals surface area contributed by atoms with Crippen molar-refractivity contribution in [1.29, 1.82) is 0 Å². The number of fused-ring (bicyclic) bond motifs is 1. The van der Waals surface area contributed by atoms with Gasteiger partial charge in [0.15, 0.2) is 0 Å². The predicted molar refractivity (Wildman–Crippen MR) is 93.4 cm³/mol. The summed E-state index contributed by atoms with van der Waals surface area (Å²) in [5, 5.41) is 5.23. The van der Waals surface area contributed by atoms with Crippen molar-refractivity contribution < 1.29 is 0 Å². The first-order valence-corrected chi connectivity index (χ1v) is 8.60. The van der Waals surface area contributed by atoms with E-state index in [1.165, 1.54) is 0 Å². The number of rotatable bonds is 4. The van der Waals surface area contributed by atoms with Crippen LogP contribution in [-0.2, 0) is 5.75 Å². The lowest BCUT2D eigenvalue weighted by molar-refractivity contribution is 0.834.